The van der Waals surface area contributed by atoms with Gasteiger partial charge in [0.2, 0.25) is 11.8 Å². The lowest BCUT2D eigenvalue weighted by atomic mass is 10.1. The molecular weight excluding hydrogens is 368 g/mol. The van der Waals surface area contributed by atoms with Gasteiger partial charge in [-0.25, -0.2) is 4.79 Å². The molecule has 150 valence electrons. The third-order valence-corrected chi connectivity index (χ3v) is 3.86. The topological polar surface area (TPSA) is 95.5 Å². The summed E-state index contributed by atoms with van der Waals surface area (Å²) >= 11 is 0. The Morgan fingerprint density at radius 2 is 1.55 bits per heavy atom. The highest BCUT2D eigenvalue weighted by Crippen LogP contribution is 2.11. The molecule has 0 bridgehead atoms. The van der Waals surface area contributed by atoms with E-state index in [0.29, 0.717) is 29.7 Å². The zero-order valence-electron chi connectivity index (χ0n) is 16.5. The summed E-state index contributed by atoms with van der Waals surface area (Å²) in [6.07, 6.45) is 1.04. The molecule has 2 aromatic carbocycles. The average molecular weight is 392 g/mol. The Morgan fingerprint density at radius 3 is 2.21 bits per heavy atom. The number of carbonyl (C=O) groups excluding carboxylic acids is 2. The van der Waals surface area contributed by atoms with Gasteiger partial charge in [0.05, 0.1) is 5.56 Å². The lowest BCUT2D eigenvalue weighted by Crippen LogP contribution is -2.30. The van der Waals surface area contributed by atoms with Crippen LogP contribution in [-0.2, 0) is 9.59 Å². The number of amides is 2. The van der Waals surface area contributed by atoms with Crippen LogP contribution in [0.25, 0.3) is 0 Å². The van der Waals surface area contributed by atoms with E-state index in [9.17, 15) is 14.4 Å². The van der Waals surface area contributed by atoms with Crippen LogP contribution in [0.2, 0.25) is 0 Å². The quantitative estimate of drug-likeness (QED) is 0.629. The molecule has 0 radical (unpaired) electrons. The highest BCUT2D eigenvalue weighted by molar-refractivity contribution is 5.91. The summed E-state index contributed by atoms with van der Waals surface area (Å²) in [5, 5.41) is 14.6. The Bertz CT molecular complexity index is 955. The molecule has 0 saturated heterocycles. The van der Waals surface area contributed by atoms with Gasteiger partial charge in [-0.2, -0.15) is 0 Å². The van der Waals surface area contributed by atoms with Crippen LogP contribution in [0.5, 0.6) is 0 Å². The van der Waals surface area contributed by atoms with E-state index >= 15 is 0 Å². The number of anilines is 1. The van der Waals surface area contributed by atoms with Crippen molar-refractivity contribution in [1.82, 2.24) is 5.32 Å². The van der Waals surface area contributed by atoms with Gasteiger partial charge in [-0.15, -0.1) is 0 Å². The first-order chi connectivity index (χ1) is 13.8. The molecule has 0 atom stereocenters. The maximum absolute atomic E-state index is 12.1. The summed E-state index contributed by atoms with van der Waals surface area (Å²) in [4.78, 5) is 34.7. The third-order valence-electron chi connectivity index (χ3n) is 3.86. The fourth-order valence-electron chi connectivity index (χ4n) is 2.58. The van der Waals surface area contributed by atoms with E-state index in [1.54, 1.807) is 36.4 Å². The van der Waals surface area contributed by atoms with Crippen LogP contribution in [0.15, 0.2) is 48.5 Å². The Morgan fingerprint density at radius 1 is 0.931 bits per heavy atom. The van der Waals surface area contributed by atoms with Gasteiger partial charge in [-0.05, 0) is 56.7 Å². The average Bonchev–Trinajstić information content (AvgIpc) is 2.66. The van der Waals surface area contributed by atoms with Crippen LogP contribution in [0.1, 0.15) is 54.6 Å². The number of carboxylic acids is 1. The van der Waals surface area contributed by atoms with Crippen LogP contribution >= 0.6 is 0 Å². The Labute approximate surface area is 170 Å². The molecule has 0 fully saturated rings. The number of nitrogens with one attached hydrogen (secondary N) is 2. The van der Waals surface area contributed by atoms with E-state index in [1.807, 2.05) is 13.8 Å². The van der Waals surface area contributed by atoms with Gasteiger partial charge in [0.1, 0.15) is 0 Å². The monoisotopic (exact) mass is 392 g/mol. The Balaban J connectivity index is 1.93. The predicted molar refractivity (Wildman–Crippen MR) is 112 cm³/mol. The van der Waals surface area contributed by atoms with E-state index in [4.69, 9.17) is 5.11 Å². The molecule has 0 saturated carbocycles. The molecule has 29 heavy (non-hydrogen) atoms. The molecule has 3 N–H and O–H groups in total. The molecule has 0 aliphatic rings. The number of benzene rings is 2. The summed E-state index contributed by atoms with van der Waals surface area (Å²) < 4.78 is 0. The van der Waals surface area contributed by atoms with Crippen LogP contribution in [0, 0.1) is 11.8 Å². The molecule has 6 heteroatoms. The minimum absolute atomic E-state index is 0.0583. The van der Waals surface area contributed by atoms with Crippen LogP contribution < -0.4 is 10.6 Å². The SMILES string of the molecule is CC(C)NC(=O)CCCC(=O)Nc1cccc(C#Cc2cccc(C(=O)O)c2)c1. The van der Waals surface area contributed by atoms with E-state index in [-0.39, 0.29) is 29.8 Å². The second-order valence-electron chi connectivity index (χ2n) is 6.84. The van der Waals surface area contributed by atoms with Crippen molar-refractivity contribution in [3.8, 4) is 11.8 Å². The lowest BCUT2D eigenvalue weighted by molar-refractivity contribution is -0.121. The standard InChI is InChI=1S/C23H24N2O4/c1-16(2)24-21(26)10-5-11-22(27)25-20-9-4-7-18(15-20)13-12-17-6-3-8-19(14-17)23(28)29/h3-4,6-9,14-16H,5,10-11H2,1-2H3,(H,24,26)(H,25,27)(H,28,29). The highest BCUT2D eigenvalue weighted by Gasteiger charge is 2.07. The predicted octanol–water partition coefficient (Wildman–Crippen LogP) is 3.42. The van der Waals surface area contributed by atoms with Gasteiger partial charge in [0, 0.05) is 35.7 Å². The van der Waals surface area contributed by atoms with Crippen molar-refractivity contribution in [2.24, 2.45) is 0 Å². The van der Waals surface area contributed by atoms with Crippen LogP contribution in [-0.4, -0.2) is 28.9 Å². The number of carboxylic acid groups (broad SMARTS) is 1. The number of hydrogen-bond donors (Lipinski definition) is 3. The molecule has 0 aromatic heterocycles. The van der Waals surface area contributed by atoms with Crippen LogP contribution in [0.3, 0.4) is 0 Å². The first-order valence-electron chi connectivity index (χ1n) is 9.38. The number of hydrogen-bond acceptors (Lipinski definition) is 3. The number of aromatic carboxylic acids is 1. The zero-order valence-corrected chi connectivity index (χ0v) is 16.5. The number of rotatable bonds is 7. The summed E-state index contributed by atoms with van der Waals surface area (Å²) in [6.45, 7) is 3.78. The fraction of sp³-hybridized carbons (Fsp3) is 0.261. The molecule has 0 unspecified atom stereocenters. The Hall–Kier alpha value is -3.59. The minimum Gasteiger partial charge on any atom is -0.478 e. The molecule has 2 amide bonds. The molecule has 0 heterocycles. The van der Waals surface area contributed by atoms with Crippen molar-refractivity contribution in [3.63, 3.8) is 0 Å². The normalized spacial score (nSPS) is 10.0. The molecule has 2 aromatic rings. The van der Waals surface area contributed by atoms with Crippen molar-refractivity contribution in [2.75, 3.05) is 5.32 Å². The first kappa shape index (κ1) is 21.7. The largest absolute Gasteiger partial charge is 0.478 e. The van der Waals surface area contributed by atoms with Gasteiger partial charge in [-0.1, -0.05) is 24.0 Å². The number of carbonyl (C=O) groups is 3. The van der Waals surface area contributed by atoms with Gasteiger partial charge in [0.25, 0.3) is 0 Å². The molecule has 0 aliphatic carbocycles. The van der Waals surface area contributed by atoms with Gasteiger partial charge < -0.3 is 15.7 Å². The molecule has 6 nitrogen and oxygen atoms in total. The third kappa shape index (κ3) is 7.89. The van der Waals surface area contributed by atoms with E-state index in [2.05, 4.69) is 22.5 Å². The van der Waals surface area contributed by atoms with Crippen molar-refractivity contribution >= 4 is 23.5 Å². The summed E-state index contributed by atoms with van der Waals surface area (Å²) in [6, 6.07) is 13.6. The van der Waals surface area contributed by atoms with Crippen molar-refractivity contribution < 1.29 is 19.5 Å². The first-order valence-corrected chi connectivity index (χ1v) is 9.38. The van der Waals surface area contributed by atoms with E-state index < -0.39 is 5.97 Å². The second-order valence-corrected chi connectivity index (χ2v) is 6.84. The lowest BCUT2D eigenvalue weighted by Gasteiger charge is -2.08. The van der Waals surface area contributed by atoms with E-state index in [1.165, 1.54) is 12.1 Å². The van der Waals surface area contributed by atoms with Gasteiger partial charge in [-0.3, -0.25) is 9.59 Å². The zero-order chi connectivity index (χ0) is 21.2. The molecular formula is C23H24N2O4. The maximum Gasteiger partial charge on any atom is 0.335 e. The second kappa shape index (κ2) is 10.7. The molecule has 0 aliphatic heterocycles. The smallest absolute Gasteiger partial charge is 0.335 e. The van der Waals surface area contributed by atoms with E-state index in [0.717, 1.165) is 0 Å². The maximum atomic E-state index is 12.1. The van der Waals surface area contributed by atoms with Crippen molar-refractivity contribution in [1.29, 1.82) is 0 Å². The van der Waals surface area contributed by atoms with Crippen molar-refractivity contribution in [3.05, 3.63) is 65.2 Å². The highest BCUT2D eigenvalue weighted by atomic mass is 16.4. The molecule has 0 spiro atoms. The van der Waals surface area contributed by atoms with Gasteiger partial charge >= 0.3 is 5.97 Å². The van der Waals surface area contributed by atoms with Crippen LogP contribution in [0.4, 0.5) is 5.69 Å². The summed E-state index contributed by atoms with van der Waals surface area (Å²) in [5.74, 6) is 4.67. The summed E-state index contributed by atoms with van der Waals surface area (Å²) in [5.41, 5.74) is 2.09. The van der Waals surface area contributed by atoms with Crippen molar-refractivity contribution in [2.45, 2.75) is 39.2 Å². The van der Waals surface area contributed by atoms with Gasteiger partial charge in [0.15, 0.2) is 0 Å². The summed E-state index contributed by atoms with van der Waals surface area (Å²) in [7, 11) is 0. The Kier molecular flexibility index (Phi) is 7.99. The fourth-order valence-corrected chi connectivity index (χ4v) is 2.58. The molecule has 2 rings (SSSR count). The minimum atomic E-state index is -1.000.